The van der Waals surface area contributed by atoms with E-state index >= 15 is 0 Å². The fraction of sp³-hybridized carbons (Fsp3) is 0.409. The molecule has 6 rings (SSSR count). The van der Waals surface area contributed by atoms with E-state index in [4.69, 9.17) is 4.42 Å². The summed E-state index contributed by atoms with van der Waals surface area (Å²) in [5.41, 5.74) is 2.29. The van der Waals surface area contributed by atoms with E-state index in [-0.39, 0.29) is 10.3 Å². The van der Waals surface area contributed by atoms with Crippen molar-refractivity contribution >= 4 is 44.2 Å². The molecule has 3 aromatic heterocycles. The lowest BCUT2D eigenvalue weighted by Gasteiger charge is -2.49. The predicted molar refractivity (Wildman–Crippen MR) is 120 cm³/mol. The molecule has 0 amide bonds. The van der Waals surface area contributed by atoms with Crippen LogP contribution in [-0.2, 0) is 6.42 Å². The molecule has 33 heavy (non-hydrogen) atoms. The third kappa shape index (κ3) is 3.84. The molecular weight excluding hydrogens is 455 g/mol. The van der Waals surface area contributed by atoms with Crippen LogP contribution >= 0.6 is 11.3 Å². The summed E-state index contributed by atoms with van der Waals surface area (Å²) in [6, 6.07) is 7.48. The Morgan fingerprint density at radius 1 is 1.27 bits per heavy atom. The number of H-pyrrole nitrogens is 1. The molecule has 7 nitrogen and oxygen atoms in total. The van der Waals surface area contributed by atoms with E-state index in [1.165, 1.54) is 6.33 Å². The Balaban J connectivity index is 1.14. The number of halogens is 3. The maximum Gasteiger partial charge on any atom is 0.417 e. The average molecular weight is 475 g/mol. The minimum Gasteiger partial charge on any atom is -0.408 e. The minimum atomic E-state index is -4.24. The van der Waals surface area contributed by atoms with Crippen molar-refractivity contribution in [2.45, 2.75) is 37.9 Å². The van der Waals surface area contributed by atoms with E-state index in [9.17, 15) is 18.0 Å². The van der Waals surface area contributed by atoms with Crippen LogP contribution < -0.4 is 16.0 Å². The molecule has 172 valence electrons. The summed E-state index contributed by atoms with van der Waals surface area (Å²) < 4.78 is 43.6. The zero-order valence-corrected chi connectivity index (χ0v) is 18.2. The summed E-state index contributed by atoms with van der Waals surface area (Å²) in [4.78, 5) is 25.6. The maximum atomic E-state index is 12.8. The molecule has 1 aliphatic heterocycles. The second kappa shape index (κ2) is 7.21. The van der Waals surface area contributed by atoms with E-state index in [1.54, 1.807) is 6.07 Å². The van der Waals surface area contributed by atoms with Gasteiger partial charge in [0, 0.05) is 41.2 Å². The molecule has 1 atom stereocenters. The standard InChI is InChI=1S/C22H20F3N5O2S/c23-22(24,25)8-14-6-15-18(26-11-27-19(15)33-14)30-9-21(10-30)4-3-13(7-21)28-12-1-2-16-17(5-12)32-20(31)29-16/h1-2,5-6,11,13,28H,3-4,7-10H2,(H,29,31). The van der Waals surface area contributed by atoms with Crippen molar-refractivity contribution in [2.75, 3.05) is 23.3 Å². The van der Waals surface area contributed by atoms with Gasteiger partial charge in [0.1, 0.15) is 17.0 Å². The van der Waals surface area contributed by atoms with Crippen molar-refractivity contribution in [1.29, 1.82) is 0 Å². The monoisotopic (exact) mass is 475 g/mol. The Hall–Kier alpha value is -3.08. The molecule has 11 heteroatoms. The number of hydrogen-bond donors (Lipinski definition) is 2. The Kier molecular flexibility index (Phi) is 4.48. The summed E-state index contributed by atoms with van der Waals surface area (Å²) in [5.74, 6) is 0.256. The van der Waals surface area contributed by atoms with Crippen molar-refractivity contribution in [3.05, 3.63) is 46.0 Å². The highest BCUT2D eigenvalue weighted by Gasteiger charge is 2.49. The smallest absolute Gasteiger partial charge is 0.408 e. The van der Waals surface area contributed by atoms with Crippen molar-refractivity contribution in [2.24, 2.45) is 5.41 Å². The normalized spacial score (nSPS) is 20.1. The first-order valence-electron chi connectivity index (χ1n) is 10.7. The number of aromatic amines is 1. The number of fused-ring (bicyclic) bond motifs is 2. The summed E-state index contributed by atoms with van der Waals surface area (Å²) in [6.45, 7) is 1.65. The second-order valence-corrected chi connectivity index (χ2v) is 10.2. The van der Waals surface area contributed by atoms with Crippen molar-refractivity contribution in [1.82, 2.24) is 15.0 Å². The molecular formula is C22H20F3N5O2S. The van der Waals surface area contributed by atoms with Crippen LogP contribution in [0.15, 0.2) is 39.8 Å². The first-order valence-corrected chi connectivity index (χ1v) is 11.5. The van der Waals surface area contributed by atoms with E-state index in [0.717, 1.165) is 55.2 Å². The van der Waals surface area contributed by atoms with E-state index in [2.05, 4.69) is 25.2 Å². The fourth-order valence-corrected chi connectivity index (χ4v) is 6.25. The number of oxazole rings is 1. The number of nitrogens with one attached hydrogen (secondary N) is 2. The lowest BCUT2D eigenvalue weighted by molar-refractivity contribution is -0.126. The van der Waals surface area contributed by atoms with Crippen LogP contribution in [-0.4, -0.2) is 40.3 Å². The topological polar surface area (TPSA) is 87.0 Å². The number of benzene rings is 1. The number of thiophene rings is 1. The number of rotatable bonds is 4. The summed E-state index contributed by atoms with van der Waals surface area (Å²) in [6.07, 6.45) is -0.655. The van der Waals surface area contributed by atoms with E-state index in [1.807, 2.05) is 18.2 Å². The van der Waals surface area contributed by atoms with Crippen molar-refractivity contribution in [3.8, 4) is 0 Å². The Morgan fingerprint density at radius 2 is 2.12 bits per heavy atom. The largest absolute Gasteiger partial charge is 0.417 e. The van der Waals surface area contributed by atoms with E-state index in [0.29, 0.717) is 27.4 Å². The minimum absolute atomic E-state index is 0.171. The highest BCUT2D eigenvalue weighted by atomic mass is 32.1. The maximum absolute atomic E-state index is 12.8. The summed E-state index contributed by atoms with van der Waals surface area (Å²) in [7, 11) is 0. The van der Waals surface area contributed by atoms with Crippen LogP contribution in [0.5, 0.6) is 0 Å². The van der Waals surface area contributed by atoms with Crippen LogP contribution in [0.3, 0.4) is 0 Å². The van der Waals surface area contributed by atoms with Gasteiger partial charge in [-0.15, -0.1) is 11.3 Å². The molecule has 2 fully saturated rings. The molecule has 4 heterocycles. The third-order valence-corrected chi connectivity index (χ3v) is 7.62. The lowest BCUT2D eigenvalue weighted by atomic mass is 9.78. The summed E-state index contributed by atoms with van der Waals surface area (Å²) >= 11 is 1.08. The van der Waals surface area contributed by atoms with Gasteiger partial charge in [-0.05, 0) is 37.5 Å². The molecule has 1 saturated carbocycles. The molecule has 4 aromatic rings. The van der Waals surface area contributed by atoms with Gasteiger partial charge in [0.2, 0.25) is 0 Å². The lowest BCUT2D eigenvalue weighted by Crippen LogP contribution is -2.56. The first kappa shape index (κ1) is 20.5. The Morgan fingerprint density at radius 3 is 2.94 bits per heavy atom. The summed E-state index contributed by atoms with van der Waals surface area (Å²) in [5, 5.41) is 4.25. The van der Waals surface area contributed by atoms with Gasteiger partial charge in [0.15, 0.2) is 5.58 Å². The molecule has 2 aliphatic rings. The first-order chi connectivity index (χ1) is 15.8. The highest BCUT2D eigenvalue weighted by molar-refractivity contribution is 7.18. The van der Waals surface area contributed by atoms with E-state index < -0.39 is 18.4 Å². The van der Waals surface area contributed by atoms with Crippen molar-refractivity contribution in [3.63, 3.8) is 0 Å². The van der Waals surface area contributed by atoms with Gasteiger partial charge < -0.3 is 14.6 Å². The average Bonchev–Trinajstić information content (AvgIpc) is 3.40. The third-order valence-electron chi connectivity index (χ3n) is 6.58. The SMILES string of the molecule is O=c1[nH]c2ccc(NC3CCC4(C3)CN(c3ncnc5sc(CC(F)(F)F)cc35)C4)cc2o1. The number of alkyl halides is 3. The van der Waals surface area contributed by atoms with Gasteiger partial charge in [-0.3, -0.25) is 4.98 Å². The zero-order chi connectivity index (χ0) is 22.8. The molecule has 1 spiro atoms. The van der Waals surface area contributed by atoms with Crippen LogP contribution in [0.2, 0.25) is 0 Å². The molecule has 1 unspecified atom stereocenters. The second-order valence-electron chi connectivity index (χ2n) is 9.09. The Bertz CT molecular complexity index is 1400. The number of anilines is 2. The van der Waals surface area contributed by atoms with Crippen LogP contribution in [0.1, 0.15) is 24.1 Å². The molecule has 2 N–H and O–H groups in total. The van der Waals surface area contributed by atoms with Gasteiger partial charge in [-0.1, -0.05) is 0 Å². The van der Waals surface area contributed by atoms with Crippen LogP contribution in [0, 0.1) is 5.41 Å². The predicted octanol–water partition coefficient (Wildman–Crippen LogP) is 4.70. The Labute approximate surface area is 189 Å². The highest BCUT2D eigenvalue weighted by Crippen LogP contribution is 2.48. The molecule has 1 saturated heterocycles. The number of nitrogens with zero attached hydrogens (tertiary/aromatic N) is 3. The van der Waals surface area contributed by atoms with Gasteiger partial charge in [0.25, 0.3) is 0 Å². The van der Waals surface area contributed by atoms with Gasteiger partial charge >= 0.3 is 11.9 Å². The zero-order valence-electron chi connectivity index (χ0n) is 17.4. The number of aromatic nitrogens is 3. The molecule has 0 bridgehead atoms. The van der Waals surface area contributed by atoms with Crippen molar-refractivity contribution < 1.29 is 17.6 Å². The molecule has 1 aliphatic carbocycles. The van der Waals surface area contributed by atoms with Crippen LogP contribution in [0.4, 0.5) is 24.7 Å². The van der Waals surface area contributed by atoms with Gasteiger partial charge in [0.05, 0.1) is 17.3 Å². The van der Waals surface area contributed by atoms with Gasteiger partial charge in [-0.25, -0.2) is 14.8 Å². The molecule has 1 aromatic carbocycles. The van der Waals surface area contributed by atoms with Gasteiger partial charge in [-0.2, -0.15) is 13.2 Å². The quantitative estimate of drug-likeness (QED) is 0.445. The molecule has 0 radical (unpaired) electrons. The van der Waals surface area contributed by atoms with Crippen LogP contribution in [0.25, 0.3) is 21.3 Å². The fourth-order valence-electron chi connectivity index (χ4n) is 5.23. The number of hydrogen-bond acceptors (Lipinski definition) is 7.